The van der Waals surface area contributed by atoms with Crippen LogP contribution < -0.4 is 10.1 Å². The van der Waals surface area contributed by atoms with E-state index in [0.29, 0.717) is 36.5 Å². The number of aryl methyl sites for hydroxylation is 1. The van der Waals surface area contributed by atoms with Crippen LogP contribution in [0.5, 0.6) is 5.75 Å². The van der Waals surface area contributed by atoms with E-state index in [1.54, 1.807) is 24.3 Å². The van der Waals surface area contributed by atoms with Gasteiger partial charge in [-0.15, -0.1) is 0 Å². The Kier molecular flexibility index (Phi) is 6.37. The topological polar surface area (TPSA) is 100 Å². The molecule has 2 aromatic carbocycles. The van der Waals surface area contributed by atoms with Gasteiger partial charge in [-0.2, -0.15) is 10.2 Å². The fourth-order valence-corrected chi connectivity index (χ4v) is 3.06. The number of carboxylic acids is 1. The van der Waals surface area contributed by atoms with E-state index in [-0.39, 0.29) is 18.4 Å². The predicted molar refractivity (Wildman–Crippen MR) is 105 cm³/mol. The normalized spacial score (nSPS) is 15.7. The first-order valence-electron chi connectivity index (χ1n) is 9.30. The number of carbonyl (C=O) groups is 2. The summed E-state index contributed by atoms with van der Waals surface area (Å²) in [5.74, 6) is -0.375. The minimum absolute atomic E-state index is 0.00621. The van der Waals surface area contributed by atoms with Crippen molar-refractivity contribution in [2.75, 3.05) is 11.9 Å². The monoisotopic (exact) mass is 381 g/mol. The molecular weight excluding hydrogens is 358 g/mol. The maximum absolute atomic E-state index is 12.5. The third kappa shape index (κ3) is 5.16. The van der Waals surface area contributed by atoms with Gasteiger partial charge in [0.05, 0.1) is 19.5 Å². The zero-order valence-electron chi connectivity index (χ0n) is 15.7. The molecule has 2 N–H and O–H groups in total. The minimum Gasteiger partial charge on any atom is -0.490 e. The van der Waals surface area contributed by atoms with Gasteiger partial charge in [-0.3, -0.25) is 9.59 Å². The van der Waals surface area contributed by atoms with E-state index in [4.69, 9.17) is 9.84 Å². The van der Waals surface area contributed by atoms with Gasteiger partial charge >= 0.3 is 5.97 Å². The van der Waals surface area contributed by atoms with Gasteiger partial charge in [-0.1, -0.05) is 12.1 Å². The van der Waals surface area contributed by atoms with Crippen molar-refractivity contribution in [2.24, 2.45) is 10.2 Å². The van der Waals surface area contributed by atoms with Crippen LogP contribution in [-0.4, -0.2) is 29.6 Å². The lowest BCUT2D eigenvalue weighted by atomic mass is 10.00. The molecule has 0 spiro atoms. The molecule has 3 rings (SSSR count). The second-order valence-electron chi connectivity index (χ2n) is 6.61. The number of rotatable bonds is 7. The van der Waals surface area contributed by atoms with E-state index in [1.165, 1.54) is 0 Å². The average molecular weight is 381 g/mol. The van der Waals surface area contributed by atoms with Gasteiger partial charge < -0.3 is 15.2 Å². The summed E-state index contributed by atoms with van der Waals surface area (Å²) < 4.78 is 5.73. The Hall–Kier alpha value is -3.22. The molecule has 146 valence electrons. The molecule has 0 saturated heterocycles. The lowest BCUT2D eigenvalue weighted by molar-refractivity contribution is -0.139. The van der Waals surface area contributed by atoms with Crippen LogP contribution in [0, 0.1) is 0 Å². The molecule has 1 atom stereocenters. The number of nitrogens with zero attached hydrogens (tertiary/aromatic N) is 2. The number of hydrogen-bond donors (Lipinski definition) is 2. The summed E-state index contributed by atoms with van der Waals surface area (Å²) in [6, 6.07) is 12.7. The summed E-state index contributed by atoms with van der Waals surface area (Å²) in [5.41, 5.74) is 3.21. The second kappa shape index (κ2) is 9.12. The summed E-state index contributed by atoms with van der Waals surface area (Å²) >= 11 is 0. The number of aliphatic carboxylic acids is 1. The predicted octanol–water partition coefficient (Wildman–Crippen LogP) is 4.08. The number of nitrogens with one attached hydrogen (secondary N) is 1. The fraction of sp³-hybridized carbons (Fsp3) is 0.333. The summed E-state index contributed by atoms with van der Waals surface area (Å²) in [7, 11) is 0. The van der Waals surface area contributed by atoms with Crippen molar-refractivity contribution in [3.05, 3.63) is 59.2 Å². The number of carboxylic acid groups (broad SMARTS) is 1. The van der Waals surface area contributed by atoms with Crippen LogP contribution in [-0.2, 0) is 17.8 Å². The van der Waals surface area contributed by atoms with Gasteiger partial charge in [0, 0.05) is 11.3 Å². The molecule has 1 unspecified atom stereocenters. The van der Waals surface area contributed by atoms with Crippen molar-refractivity contribution < 1.29 is 19.4 Å². The molecular formula is C21H23N3O4. The summed E-state index contributed by atoms with van der Waals surface area (Å²) in [5, 5.41) is 19.8. The Morgan fingerprint density at radius 2 is 1.96 bits per heavy atom. The zero-order chi connectivity index (χ0) is 19.9. The Morgan fingerprint density at radius 3 is 2.68 bits per heavy atom. The van der Waals surface area contributed by atoms with Crippen molar-refractivity contribution >= 4 is 17.6 Å². The number of fused-ring (bicyclic) bond motifs is 1. The molecule has 0 radical (unpaired) electrons. The van der Waals surface area contributed by atoms with Gasteiger partial charge in [-0.05, 0) is 61.2 Å². The van der Waals surface area contributed by atoms with E-state index >= 15 is 0 Å². The largest absolute Gasteiger partial charge is 0.490 e. The van der Waals surface area contributed by atoms with Crippen molar-refractivity contribution in [1.82, 2.24) is 0 Å². The van der Waals surface area contributed by atoms with Crippen LogP contribution in [0.3, 0.4) is 0 Å². The van der Waals surface area contributed by atoms with Crippen LogP contribution in [0.15, 0.2) is 52.7 Å². The Bertz CT molecular complexity index is 878. The number of benzene rings is 2. The molecule has 0 aromatic heterocycles. The Morgan fingerprint density at radius 1 is 1.18 bits per heavy atom. The lowest BCUT2D eigenvalue weighted by Gasteiger charge is -2.25. The number of hydrogen-bond acceptors (Lipinski definition) is 5. The highest BCUT2D eigenvalue weighted by molar-refractivity contribution is 6.04. The molecule has 0 aliphatic carbocycles. The van der Waals surface area contributed by atoms with Crippen LogP contribution in [0.1, 0.15) is 41.3 Å². The first kappa shape index (κ1) is 19.5. The van der Waals surface area contributed by atoms with E-state index in [1.807, 2.05) is 25.1 Å². The number of ether oxygens (including phenoxy) is 1. The molecule has 1 heterocycles. The second-order valence-corrected chi connectivity index (χ2v) is 6.61. The van der Waals surface area contributed by atoms with Crippen LogP contribution >= 0.6 is 0 Å². The quantitative estimate of drug-likeness (QED) is 0.706. The Balaban J connectivity index is 1.62. The van der Waals surface area contributed by atoms with Gasteiger partial charge in [-0.25, -0.2) is 0 Å². The third-order valence-electron chi connectivity index (χ3n) is 4.46. The molecule has 1 amide bonds. The molecule has 0 fully saturated rings. The summed E-state index contributed by atoms with van der Waals surface area (Å²) in [4.78, 5) is 23.3. The molecule has 7 nitrogen and oxygen atoms in total. The van der Waals surface area contributed by atoms with E-state index in [0.717, 1.165) is 17.5 Å². The van der Waals surface area contributed by atoms with Crippen LogP contribution in [0.4, 0.5) is 5.69 Å². The van der Waals surface area contributed by atoms with Crippen molar-refractivity contribution in [3.8, 4) is 5.75 Å². The number of amides is 1. The molecule has 28 heavy (non-hydrogen) atoms. The van der Waals surface area contributed by atoms with Crippen LogP contribution in [0.25, 0.3) is 0 Å². The smallest absolute Gasteiger partial charge is 0.307 e. The van der Waals surface area contributed by atoms with Gasteiger partial charge in [0.1, 0.15) is 11.9 Å². The number of carbonyl (C=O) groups excluding carboxylic acids is 1. The number of azo groups is 1. The van der Waals surface area contributed by atoms with Crippen LogP contribution in [0.2, 0.25) is 0 Å². The number of anilines is 1. The summed E-state index contributed by atoms with van der Waals surface area (Å²) in [6.45, 7) is 3.09. The molecule has 1 aliphatic heterocycles. The molecule has 1 aliphatic rings. The van der Waals surface area contributed by atoms with Crippen molar-refractivity contribution in [3.63, 3.8) is 0 Å². The SMILES string of the molecule is CCN=NCc1ccc(C(=O)Nc2ccc3c(c2)CCC(CC(=O)O)O3)cc1. The van der Waals surface area contributed by atoms with Crippen molar-refractivity contribution in [1.29, 1.82) is 0 Å². The zero-order valence-corrected chi connectivity index (χ0v) is 15.7. The Labute approximate surface area is 163 Å². The van der Waals surface area contributed by atoms with E-state index in [2.05, 4.69) is 15.5 Å². The van der Waals surface area contributed by atoms with Gasteiger partial charge in [0.15, 0.2) is 0 Å². The molecule has 0 bridgehead atoms. The minimum atomic E-state index is -0.864. The maximum Gasteiger partial charge on any atom is 0.307 e. The van der Waals surface area contributed by atoms with E-state index in [9.17, 15) is 9.59 Å². The highest BCUT2D eigenvalue weighted by Crippen LogP contribution is 2.31. The first-order valence-corrected chi connectivity index (χ1v) is 9.30. The fourth-order valence-electron chi connectivity index (χ4n) is 3.06. The van der Waals surface area contributed by atoms with Crippen molar-refractivity contribution in [2.45, 2.75) is 38.8 Å². The molecule has 7 heteroatoms. The highest BCUT2D eigenvalue weighted by Gasteiger charge is 2.22. The standard InChI is InChI=1S/C21H23N3O4/c1-2-22-23-13-14-3-5-15(6-4-14)21(27)24-17-8-10-19-16(11-17)7-9-18(28-19)12-20(25)26/h3-6,8,10-11,18H,2,7,9,12-13H2,1H3,(H,24,27)(H,25,26). The maximum atomic E-state index is 12.5. The average Bonchev–Trinajstić information content (AvgIpc) is 2.68. The van der Waals surface area contributed by atoms with Gasteiger partial charge in [0.25, 0.3) is 5.91 Å². The summed E-state index contributed by atoms with van der Waals surface area (Å²) in [6.07, 6.45) is 1.06. The molecule has 2 aromatic rings. The highest BCUT2D eigenvalue weighted by atomic mass is 16.5. The first-order chi connectivity index (χ1) is 13.5. The van der Waals surface area contributed by atoms with E-state index < -0.39 is 5.97 Å². The lowest BCUT2D eigenvalue weighted by Crippen LogP contribution is -2.25. The van der Waals surface area contributed by atoms with Gasteiger partial charge in [0.2, 0.25) is 0 Å². The third-order valence-corrected chi connectivity index (χ3v) is 4.46. The molecule has 0 saturated carbocycles.